The van der Waals surface area contributed by atoms with Crippen molar-refractivity contribution >= 4 is 19.1 Å². The van der Waals surface area contributed by atoms with Gasteiger partial charge in [-0.05, 0) is 46.6 Å². The largest absolute Gasteiger partial charge is 0.525 e. The molecule has 0 aromatic carbocycles. The summed E-state index contributed by atoms with van der Waals surface area (Å²) < 4.78 is 27.6. The lowest BCUT2D eigenvalue weighted by atomic mass is 9.87. The minimum Gasteiger partial charge on any atom is -0.398 e. The van der Waals surface area contributed by atoms with Crippen LogP contribution in [0.25, 0.3) is 6.08 Å². The summed E-state index contributed by atoms with van der Waals surface area (Å²) >= 11 is 0. The molecule has 0 N–H and O–H groups in total. The van der Waals surface area contributed by atoms with Crippen molar-refractivity contribution in [2.45, 2.75) is 57.8 Å². The summed E-state index contributed by atoms with van der Waals surface area (Å²) in [5.74, 6) is 0.479. The van der Waals surface area contributed by atoms with E-state index < -0.39 is 24.0 Å². The molecule has 1 saturated carbocycles. The first-order chi connectivity index (χ1) is 12.2. The maximum absolute atomic E-state index is 14.5. The van der Waals surface area contributed by atoms with Gasteiger partial charge in [0.25, 0.3) is 0 Å². The van der Waals surface area contributed by atoms with E-state index in [4.69, 9.17) is 9.31 Å². The van der Waals surface area contributed by atoms with Crippen molar-refractivity contribution in [1.29, 1.82) is 0 Å². The van der Waals surface area contributed by atoms with Crippen LogP contribution in [0.15, 0.2) is 11.9 Å². The van der Waals surface area contributed by atoms with Crippen LogP contribution in [0, 0.1) is 5.92 Å². The fourth-order valence-corrected chi connectivity index (χ4v) is 3.09. The van der Waals surface area contributed by atoms with Gasteiger partial charge in [-0.1, -0.05) is 5.21 Å². The van der Waals surface area contributed by atoms with Gasteiger partial charge in [0.2, 0.25) is 5.91 Å². The van der Waals surface area contributed by atoms with Crippen molar-refractivity contribution < 1.29 is 18.5 Å². The predicted octanol–water partition coefficient (Wildman–Crippen LogP) is 2.01. The molecular weight excluding hydrogens is 338 g/mol. The number of hydrogen-bond donors (Lipinski definition) is 0. The Bertz CT molecular complexity index is 737. The zero-order valence-corrected chi connectivity index (χ0v) is 15.6. The average Bonchev–Trinajstić information content (AvgIpc) is 3.21. The maximum atomic E-state index is 14.5. The van der Waals surface area contributed by atoms with Gasteiger partial charge in [-0.25, -0.2) is 9.07 Å². The zero-order chi connectivity index (χ0) is 18.7. The van der Waals surface area contributed by atoms with Crippen LogP contribution in [0.2, 0.25) is 0 Å². The average molecular weight is 362 g/mol. The number of carbonyl (C=O) groups is 1. The van der Waals surface area contributed by atoms with Crippen LogP contribution < -0.4 is 0 Å². The van der Waals surface area contributed by atoms with Gasteiger partial charge < -0.3 is 14.2 Å². The highest BCUT2D eigenvalue weighted by atomic mass is 19.1. The third-order valence-electron chi connectivity index (χ3n) is 5.77. The molecule has 1 amide bonds. The SMILES string of the molecule is CC1(C)OB(C(F)=Cc2cn(C3CN(C(=O)C4CC4)C3)nn2)OC1(C)C. The van der Waals surface area contributed by atoms with E-state index in [2.05, 4.69) is 10.3 Å². The molecule has 0 bridgehead atoms. The summed E-state index contributed by atoms with van der Waals surface area (Å²) in [4.78, 5) is 13.8. The Balaban J connectivity index is 1.38. The van der Waals surface area contributed by atoms with E-state index in [9.17, 15) is 9.18 Å². The van der Waals surface area contributed by atoms with E-state index in [0.29, 0.717) is 18.8 Å². The van der Waals surface area contributed by atoms with Crippen LogP contribution >= 0.6 is 0 Å². The molecule has 0 atom stereocenters. The number of halogens is 1. The van der Waals surface area contributed by atoms with Gasteiger partial charge in [-0.15, -0.1) is 5.10 Å². The molecule has 3 heterocycles. The fraction of sp³-hybridized carbons (Fsp3) is 0.706. The minimum absolute atomic E-state index is 0.104. The quantitative estimate of drug-likeness (QED) is 0.767. The van der Waals surface area contributed by atoms with E-state index in [0.717, 1.165) is 12.8 Å². The van der Waals surface area contributed by atoms with E-state index in [-0.39, 0.29) is 17.9 Å². The third kappa shape index (κ3) is 3.07. The summed E-state index contributed by atoms with van der Waals surface area (Å²) in [6, 6.07) is 0.104. The first-order valence-electron chi connectivity index (χ1n) is 9.10. The fourth-order valence-electron chi connectivity index (χ4n) is 3.09. The zero-order valence-electron chi connectivity index (χ0n) is 15.6. The van der Waals surface area contributed by atoms with Crippen LogP contribution in [-0.4, -0.2) is 57.2 Å². The number of hydrogen-bond acceptors (Lipinski definition) is 5. The van der Waals surface area contributed by atoms with Crippen LogP contribution in [0.3, 0.4) is 0 Å². The Labute approximate surface area is 152 Å². The second kappa shape index (κ2) is 5.89. The molecular formula is C17H24BFN4O3. The third-order valence-corrected chi connectivity index (χ3v) is 5.77. The van der Waals surface area contributed by atoms with E-state index in [1.165, 1.54) is 6.08 Å². The molecule has 0 radical (unpaired) electrons. The Morgan fingerprint density at radius 2 is 1.88 bits per heavy atom. The van der Waals surface area contributed by atoms with Crippen molar-refractivity contribution in [3.05, 3.63) is 17.6 Å². The Morgan fingerprint density at radius 1 is 1.27 bits per heavy atom. The molecule has 140 valence electrons. The standard InChI is InChI=1S/C17H24BFN4O3/c1-16(2)17(3,4)26-18(25-16)14(19)7-12-8-23(21-20-12)13-9-22(10-13)15(24)11-5-6-11/h7-8,11,13H,5-6,9-10H2,1-4H3. The van der Waals surface area contributed by atoms with Crippen LogP contribution in [0.1, 0.15) is 52.3 Å². The molecule has 2 aliphatic heterocycles. The van der Waals surface area contributed by atoms with Gasteiger partial charge >= 0.3 is 7.12 Å². The molecule has 26 heavy (non-hydrogen) atoms. The summed E-state index contributed by atoms with van der Waals surface area (Å²) in [5, 5.41) is 8.07. The van der Waals surface area contributed by atoms with Gasteiger partial charge in [-0.2, -0.15) is 0 Å². The molecule has 0 unspecified atom stereocenters. The second-order valence-corrected chi connectivity index (χ2v) is 8.41. The van der Waals surface area contributed by atoms with Crippen LogP contribution in [0.4, 0.5) is 4.39 Å². The van der Waals surface area contributed by atoms with E-state index in [1.807, 2.05) is 32.6 Å². The van der Waals surface area contributed by atoms with E-state index >= 15 is 0 Å². The molecule has 3 fully saturated rings. The topological polar surface area (TPSA) is 69.5 Å². The van der Waals surface area contributed by atoms with Crippen LogP contribution in [0.5, 0.6) is 0 Å². The van der Waals surface area contributed by atoms with Crippen molar-refractivity contribution in [3.63, 3.8) is 0 Å². The predicted molar refractivity (Wildman–Crippen MR) is 93.5 cm³/mol. The Hall–Kier alpha value is -1.74. The number of aromatic nitrogens is 3. The summed E-state index contributed by atoms with van der Waals surface area (Å²) in [6.07, 6.45) is 5.00. The Kier molecular flexibility index (Phi) is 4.00. The minimum atomic E-state index is -1.04. The van der Waals surface area contributed by atoms with E-state index in [1.54, 1.807) is 10.9 Å². The van der Waals surface area contributed by atoms with Crippen molar-refractivity contribution in [2.75, 3.05) is 13.1 Å². The maximum Gasteiger partial charge on any atom is 0.525 e. The lowest BCUT2D eigenvalue weighted by Gasteiger charge is -2.39. The summed E-state index contributed by atoms with van der Waals surface area (Å²) in [5.41, 5.74) is -1.31. The van der Waals surface area contributed by atoms with Gasteiger partial charge in [0.1, 0.15) is 11.4 Å². The molecule has 1 aromatic rings. The molecule has 0 spiro atoms. The number of rotatable bonds is 4. The van der Waals surface area contributed by atoms with Crippen molar-refractivity contribution in [2.24, 2.45) is 5.92 Å². The first-order valence-corrected chi connectivity index (χ1v) is 9.10. The number of amides is 1. The number of nitrogens with zero attached hydrogens (tertiary/aromatic N) is 4. The monoisotopic (exact) mass is 362 g/mol. The molecule has 7 nitrogen and oxygen atoms in total. The molecule has 2 saturated heterocycles. The Morgan fingerprint density at radius 3 is 2.46 bits per heavy atom. The molecule has 1 aromatic heterocycles. The first kappa shape index (κ1) is 17.7. The highest BCUT2D eigenvalue weighted by Gasteiger charge is 2.53. The normalized spacial score (nSPS) is 25.5. The smallest absolute Gasteiger partial charge is 0.398 e. The molecule has 9 heteroatoms. The highest BCUT2D eigenvalue weighted by Crippen LogP contribution is 2.39. The van der Waals surface area contributed by atoms with Crippen molar-refractivity contribution in [3.8, 4) is 0 Å². The molecule has 1 aliphatic carbocycles. The molecule has 4 rings (SSSR count). The summed E-state index contributed by atoms with van der Waals surface area (Å²) in [7, 11) is -1.04. The highest BCUT2D eigenvalue weighted by molar-refractivity contribution is 6.54. The van der Waals surface area contributed by atoms with Gasteiger partial charge in [0, 0.05) is 19.0 Å². The lowest BCUT2D eigenvalue weighted by Crippen LogP contribution is -2.51. The van der Waals surface area contributed by atoms with Gasteiger partial charge in [0.15, 0.2) is 0 Å². The van der Waals surface area contributed by atoms with Crippen molar-refractivity contribution in [1.82, 2.24) is 19.9 Å². The number of carbonyl (C=O) groups excluding carboxylic acids is 1. The van der Waals surface area contributed by atoms with Gasteiger partial charge in [-0.3, -0.25) is 4.79 Å². The summed E-state index contributed by atoms with van der Waals surface area (Å²) in [6.45, 7) is 8.79. The molecule has 3 aliphatic rings. The van der Waals surface area contributed by atoms with Gasteiger partial charge in [0.05, 0.1) is 23.4 Å². The number of likely N-dealkylation sites (tertiary alicyclic amines) is 1. The lowest BCUT2D eigenvalue weighted by molar-refractivity contribution is -0.138. The van der Waals surface area contributed by atoms with Crippen LogP contribution in [-0.2, 0) is 14.1 Å². The second-order valence-electron chi connectivity index (χ2n) is 8.41.